The second kappa shape index (κ2) is 12.1. The highest BCUT2D eigenvalue weighted by atomic mass is 16.5. The van der Waals surface area contributed by atoms with Crippen LogP contribution in [0.3, 0.4) is 0 Å². The number of alkyl carbamates (subject to hydrolysis) is 1. The van der Waals surface area contributed by atoms with E-state index >= 15 is 0 Å². The minimum atomic E-state index is -1.13. The van der Waals surface area contributed by atoms with Crippen LogP contribution in [0.2, 0.25) is 0 Å². The zero-order chi connectivity index (χ0) is 24.3. The SMILES string of the molecule is CC(=O)Nc1cccc(OCc2ccc(COC(=O)NC(Cc3ccccc3)C(=O)O)cc2)c1. The standard InChI is InChI=1S/C26H26N2O6/c1-18(29)27-22-8-5-9-23(15-22)33-16-20-10-12-21(13-11-20)17-34-26(32)28-24(25(30)31)14-19-6-3-2-4-7-19/h2-13,15,24H,14,16-17H2,1H3,(H,27,29)(H,28,32)(H,30,31). The van der Waals surface area contributed by atoms with Crippen molar-refractivity contribution in [1.82, 2.24) is 5.32 Å². The quantitative estimate of drug-likeness (QED) is 0.417. The Kier molecular flexibility index (Phi) is 8.62. The highest BCUT2D eigenvalue weighted by molar-refractivity contribution is 5.88. The number of benzene rings is 3. The van der Waals surface area contributed by atoms with E-state index in [9.17, 15) is 19.5 Å². The third-order valence-corrected chi connectivity index (χ3v) is 4.83. The van der Waals surface area contributed by atoms with Crippen LogP contribution in [-0.4, -0.2) is 29.1 Å². The normalized spacial score (nSPS) is 11.2. The Bertz CT molecular complexity index is 1120. The molecule has 0 aliphatic carbocycles. The third-order valence-electron chi connectivity index (χ3n) is 4.83. The maximum Gasteiger partial charge on any atom is 0.408 e. The van der Waals surface area contributed by atoms with Gasteiger partial charge >= 0.3 is 12.1 Å². The molecule has 3 rings (SSSR count). The number of carboxylic acid groups (broad SMARTS) is 1. The summed E-state index contributed by atoms with van der Waals surface area (Å²) in [6.07, 6.45) is -0.636. The van der Waals surface area contributed by atoms with Crippen LogP contribution in [0.25, 0.3) is 0 Å². The number of carbonyl (C=O) groups excluding carboxylic acids is 2. The van der Waals surface area contributed by atoms with Crippen molar-refractivity contribution in [3.05, 3.63) is 95.6 Å². The van der Waals surface area contributed by atoms with E-state index in [4.69, 9.17) is 9.47 Å². The Balaban J connectivity index is 1.46. The van der Waals surface area contributed by atoms with Gasteiger partial charge in [-0.05, 0) is 28.8 Å². The molecular formula is C26H26N2O6. The van der Waals surface area contributed by atoms with E-state index in [2.05, 4.69) is 10.6 Å². The first-order valence-electron chi connectivity index (χ1n) is 10.7. The number of rotatable bonds is 10. The van der Waals surface area contributed by atoms with Crippen LogP contribution in [0.1, 0.15) is 23.6 Å². The van der Waals surface area contributed by atoms with Gasteiger partial charge in [-0.15, -0.1) is 0 Å². The largest absolute Gasteiger partial charge is 0.489 e. The third kappa shape index (κ3) is 7.98. The highest BCUT2D eigenvalue weighted by Gasteiger charge is 2.21. The van der Waals surface area contributed by atoms with Gasteiger partial charge in [-0.1, -0.05) is 60.7 Å². The predicted molar refractivity (Wildman–Crippen MR) is 126 cm³/mol. The Labute approximate surface area is 197 Å². The first kappa shape index (κ1) is 24.3. The molecule has 34 heavy (non-hydrogen) atoms. The maximum atomic E-state index is 12.1. The van der Waals surface area contributed by atoms with Crippen LogP contribution in [-0.2, 0) is 34.0 Å². The van der Waals surface area contributed by atoms with E-state index in [0.717, 1.165) is 16.7 Å². The molecule has 1 unspecified atom stereocenters. The van der Waals surface area contributed by atoms with E-state index in [1.807, 2.05) is 30.3 Å². The lowest BCUT2D eigenvalue weighted by atomic mass is 10.1. The predicted octanol–water partition coefficient (Wildman–Crippen LogP) is 4.15. The Morgan fingerprint density at radius 3 is 2.18 bits per heavy atom. The highest BCUT2D eigenvalue weighted by Crippen LogP contribution is 2.19. The number of carboxylic acids is 1. The topological polar surface area (TPSA) is 114 Å². The zero-order valence-corrected chi connectivity index (χ0v) is 18.7. The minimum Gasteiger partial charge on any atom is -0.489 e. The molecule has 3 aromatic carbocycles. The van der Waals surface area contributed by atoms with E-state index < -0.39 is 18.1 Å². The van der Waals surface area contributed by atoms with Gasteiger partial charge < -0.3 is 25.2 Å². The van der Waals surface area contributed by atoms with Crippen LogP contribution in [0.4, 0.5) is 10.5 Å². The molecule has 3 N–H and O–H groups in total. The zero-order valence-electron chi connectivity index (χ0n) is 18.7. The van der Waals surface area contributed by atoms with Gasteiger partial charge in [0, 0.05) is 25.1 Å². The fourth-order valence-electron chi connectivity index (χ4n) is 3.15. The van der Waals surface area contributed by atoms with Crippen LogP contribution in [0.15, 0.2) is 78.9 Å². The van der Waals surface area contributed by atoms with Crippen molar-refractivity contribution in [2.24, 2.45) is 0 Å². The van der Waals surface area contributed by atoms with Crippen molar-refractivity contribution in [2.45, 2.75) is 32.6 Å². The van der Waals surface area contributed by atoms with Gasteiger partial charge in [0.2, 0.25) is 5.91 Å². The molecule has 0 aliphatic rings. The molecule has 3 aromatic rings. The van der Waals surface area contributed by atoms with Gasteiger partial charge in [-0.3, -0.25) is 4.79 Å². The summed E-state index contributed by atoms with van der Waals surface area (Å²) in [6, 6.07) is 22.4. The monoisotopic (exact) mass is 462 g/mol. The van der Waals surface area contributed by atoms with Gasteiger partial charge in [0.05, 0.1) is 0 Å². The van der Waals surface area contributed by atoms with Crippen LogP contribution in [0, 0.1) is 0 Å². The molecule has 0 bridgehead atoms. The molecule has 176 valence electrons. The van der Waals surface area contributed by atoms with Crippen molar-refractivity contribution >= 4 is 23.7 Å². The van der Waals surface area contributed by atoms with Gasteiger partial charge in [0.1, 0.15) is 25.0 Å². The molecule has 0 radical (unpaired) electrons. The average Bonchev–Trinajstić information content (AvgIpc) is 2.82. The summed E-state index contributed by atoms with van der Waals surface area (Å²) in [5, 5.41) is 14.5. The Morgan fingerprint density at radius 2 is 1.53 bits per heavy atom. The summed E-state index contributed by atoms with van der Waals surface area (Å²) in [5.74, 6) is -0.662. The molecule has 0 spiro atoms. The summed E-state index contributed by atoms with van der Waals surface area (Å²) in [4.78, 5) is 34.8. The van der Waals surface area contributed by atoms with Crippen molar-refractivity contribution in [3.8, 4) is 5.75 Å². The number of aliphatic carboxylic acids is 1. The van der Waals surface area contributed by atoms with Crippen LogP contribution in [0.5, 0.6) is 5.75 Å². The van der Waals surface area contributed by atoms with Crippen molar-refractivity contribution in [1.29, 1.82) is 0 Å². The average molecular weight is 463 g/mol. The van der Waals surface area contributed by atoms with Gasteiger partial charge in [0.15, 0.2) is 0 Å². The molecular weight excluding hydrogens is 436 g/mol. The summed E-state index contributed by atoms with van der Waals surface area (Å²) < 4.78 is 10.9. The van der Waals surface area contributed by atoms with E-state index in [0.29, 0.717) is 18.0 Å². The van der Waals surface area contributed by atoms with Crippen LogP contribution < -0.4 is 15.4 Å². The second-order valence-corrected chi connectivity index (χ2v) is 7.62. The smallest absolute Gasteiger partial charge is 0.408 e. The Morgan fingerprint density at radius 1 is 0.853 bits per heavy atom. The first-order chi connectivity index (χ1) is 16.4. The van der Waals surface area contributed by atoms with Gasteiger partial charge in [-0.25, -0.2) is 9.59 Å². The molecule has 2 amide bonds. The number of nitrogens with one attached hydrogen (secondary N) is 2. The number of hydrogen-bond acceptors (Lipinski definition) is 5. The number of hydrogen-bond donors (Lipinski definition) is 3. The van der Waals surface area contributed by atoms with Crippen molar-refractivity contribution in [3.63, 3.8) is 0 Å². The lowest BCUT2D eigenvalue weighted by molar-refractivity contribution is -0.139. The summed E-state index contributed by atoms with van der Waals surface area (Å²) in [7, 11) is 0. The lowest BCUT2D eigenvalue weighted by Gasteiger charge is -2.15. The van der Waals surface area contributed by atoms with Crippen molar-refractivity contribution in [2.75, 3.05) is 5.32 Å². The van der Waals surface area contributed by atoms with Gasteiger partial charge in [0.25, 0.3) is 0 Å². The summed E-state index contributed by atoms with van der Waals surface area (Å²) >= 11 is 0. The molecule has 0 aliphatic heterocycles. The van der Waals surface area contributed by atoms with E-state index in [1.165, 1.54) is 6.92 Å². The fraction of sp³-hybridized carbons (Fsp3) is 0.192. The molecule has 8 heteroatoms. The number of amides is 2. The summed E-state index contributed by atoms with van der Waals surface area (Å²) in [6.45, 7) is 1.77. The lowest BCUT2D eigenvalue weighted by Crippen LogP contribution is -2.42. The van der Waals surface area contributed by atoms with E-state index in [1.54, 1.807) is 48.5 Å². The fourth-order valence-corrected chi connectivity index (χ4v) is 3.15. The minimum absolute atomic E-state index is 0.00338. The van der Waals surface area contributed by atoms with Crippen molar-refractivity contribution < 1.29 is 29.0 Å². The second-order valence-electron chi connectivity index (χ2n) is 7.62. The molecule has 1 atom stereocenters. The van der Waals surface area contributed by atoms with Crippen LogP contribution >= 0.6 is 0 Å². The maximum absolute atomic E-state index is 12.1. The number of ether oxygens (including phenoxy) is 2. The molecule has 0 heterocycles. The molecule has 0 aromatic heterocycles. The molecule has 0 saturated heterocycles. The first-order valence-corrected chi connectivity index (χ1v) is 10.7. The molecule has 0 saturated carbocycles. The summed E-state index contributed by atoms with van der Waals surface area (Å²) in [5.41, 5.74) is 3.12. The van der Waals surface area contributed by atoms with Gasteiger partial charge in [-0.2, -0.15) is 0 Å². The van der Waals surface area contributed by atoms with E-state index in [-0.39, 0.29) is 18.9 Å². The number of anilines is 1. The Hall–Kier alpha value is -4.33. The molecule has 0 fully saturated rings. The molecule has 8 nitrogen and oxygen atoms in total. The number of carbonyl (C=O) groups is 3.